The molecule has 1 heterocycles. The summed E-state index contributed by atoms with van der Waals surface area (Å²) in [4.78, 5) is 19.8. The van der Waals surface area contributed by atoms with E-state index in [0.717, 1.165) is 16.5 Å². The van der Waals surface area contributed by atoms with Crippen LogP contribution in [0.5, 0.6) is 0 Å². The number of hydrogen-bond acceptors (Lipinski definition) is 4. The largest absolute Gasteiger partial charge is 0.394 e. The van der Waals surface area contributed by atoms with Gasteiger partial charge in [0.2, 0.25) is 0 Å². The van der Waals surface area contributed by atoms with Crippen LogP contribution in [0, 0.1) is 5.82 Å². The highest BCUT2D eigenvalue weighted by Crippen LogP contribution is 2.29. The number of carbonyl (C=O) groups is 1. The van der Waals surface area contributed by atoms with Gasteiger partial charge in [-0.1, -0.05) is 12.1 Å². The molecule has 4 N–H and O–H groups in total. The number of carbonyl (C=O) groups excluding carboxylic acids is 1. The topological polar surface area (TPSA) is 94.6 Å². The molecule has 2 aromatic carbocycles. The molecular formula is C18H17FN2O4. The van der Waals surface area contributed by atoms with Gasteiger partial charge in [-0.15, -0.1) is 0 Å². The lowest BCUT2D eigenvalue weighted by atomic mass is 10.0. The zero-order valence-corrected chi connectivity index (χ0v) is 13.2. The third-order valence-electron chi connectivity index (χ3n) is 3.75. The van der Waals surface area contributed by atoms with Crippen LogP contribution in [0.2, 0.25) is 0 Å². The van der Waals surface area contributed by atoms with Crippen molar-refractivity contribution in [2.24, 2.45) is 0 Å². The lowest BCUT2D eigenvalue weighted by Crippen LogP contribution is -2.29. The van der Waals surface area contributed by atoms with E-state index in [4.69, 9.17) is 15.1 Å². The van der Waals surface area contributed by atoms with Gasteiger partial charge in [0.15, 0.2) is 0 Å². The minimum absolute atomic E-state index is 0.202. The third kappa shape index (κ3) is 3.85. The molecule has 3 aromatic rings. The first-order valence-electron chi connectivity index (χ1n) is 7.66. The number of amides is 1. The van der Waals surface area contributed by atoms with Crippen LogP contribution >= 0.6 is 0 Å². The van der Waals surface area contributed by atoms with E-state index in [0.29, 0.717) is 11.1 Å². The number of H-pyrrole nitrogens is 1. The Hall–Kier alpha value is -2.74. The van der Waals surface area contributed by atoms with Gasteiger partial charge in [-0.2, -0.15) is 0 Å². The van der Waals surface area contributed by atoms with E-state index >= 15 is 0 Å². The highest BCUT2D eigenvalue weighted by atomic mass is 19.1. The van der Waals surface area contributed by atoms with Crippen molar-refractivity contribution in [2.45, 2.75) is 6.10 Å². The summed E-state index contributed by atoms with van der Waals surface area (Å²) in [6.45, 7) is -0.648. The van der Waals surface area contributed by atoms with Gasteiger partial charge in [0.05, 0.1) is 6.61 Å². The Morgan fingerprint density at radius 1 is 1.24 bits per heavy atom. The second-order valence-corrected chi connectivity index (χ2v) is 5.55. The molecule has 6 nitrogen and oxygen atoms in total. The Kier molecular flexibility index (Phi) is 5.08. The zero-order chi connectivity index (χ0) is 17.8. The quantitative estimate of drug-likeness (QED) is 0.514. The average Bonchev–Trinajstić information content (AvgIpc) is 3.04. The van der Waals surface area contributed by atoms with Crippen LogP contribution in [0.1, 0.15) is 10.4 Å². The Labute approximate surface area is 142 Å². The molecule has 0 unspecified atom stereocenters. The molecule has 1 amide bonds. The molecule has 0 radical (unpaired) electrons. The van der Waals surface area contributed by atoms with Crippen LogP contribution in [0.25, 0.3) is 22.0 Å². The molecule has 0 aliphatic carbocycles. The summed E-state index contributed by atoms with van der Waals surface area (Å²) >= 11 is 0. The van der Waals surface area contributed by atoms with Gasteiger partial charge in [-0.05, 0) is 35.9 Å². The summed E-state index contributed by atoms with van der Waals surface area (Å²) in [7, 11) is 0. The number of aliphatic hydroxyl groups is 2. The smallest absolute Gasteiger partial charge is 0.274 e. The van der Waals surface area contributed by atoms with Crippen molar-refractivity contribution in [1.29, 1.82) is 0 Å². The van der Waals surface area contributed by atoms with Gasteiger partial charge in [-0.3, -0.25) is 9.63 Å². The van der Waals surface area contributed by atoms with Crippen molar-refractivity contribution in [3.8, 4) is 11.1 Å². The van der Waals surface area contributed by atoms with Crippen LogP contribution in [-0.4, -0.2) is 40.4 Å². The van der Waals surface area contributed by atoms with Gasteiger partial charge in [0, 0.05) is 28.2 Å². The van der Waals surface area contributed by atoms with Crippen LogP contribution in [0.3, 0.4) is 0 Å². The van der Waals surface area contributed by atoms with Gasteiger partial charge in [0.1, 0.15) is 18.5 Å². The summed E-state index contributed by atoms with van der Waals surface area (Å²) in [6.07, 6.45) is 0.743. The highest BCUT2D eigenvalue weighted by Gasteiger charge is 2.10. The van der Waals surface area contributed by atoms with Gasteiger partial charge in [-0.25, -0.2) is 9.87 Å². The van der Waals surface area contributed by atoms with Crippen molar-refractivity contribution in [2.75, 3.05) is 13.2 Å². The van der Waals surface area contributed by atoms with Crippen molar-refractivity contribution >= 4 is 16.8 Å². The zero-order valence-electron chi connectivity index (χ0n) is 13.2. The first-order valence-corrected chi connectivity index (χ1v) is 7.66. The van der Waals surface area contributed by atoms with E-state index in [9.17, 15) is 9.18 Å². The van der Waals surface area contributed by atoms with Crippen molar-refractivity contribution in [3.05, 3.63) is 60.0 Å². The summed E-state index contributed by atoms with van der Waals surface area (Å²) in [6, 6.07) is 11.4. The molecule has 0 bridgehead atoms. The summed E-state index contributed by atoms with van der Waals surface area (Å²) in [5, 5.41) is 18.7. The van der Waals surface area contributed by atoms with Crippen LogP contribution in [0.4, 0.5) is 4.39 Å². The lowest BCUT2D eigenvalue weighted by molar-refractivity contribution is -0.0295. The number of rotatable bonds is 6. The van der Waals surface area contributed by atoms with Crippen molar-refractivity contribution < 1.29 is 24.2 Å². The highest BCUT2D eigenvalue weighted by molar-refractivity contribution is 5.97. The Balaban J connectivity index is 1.72. The minimum atomic E-state index is -1.05. The number of nitrogens with one attached hydrogen (secondary N) is 2. The fourth-order valence-electron chi connectivity index (χ4n) is 2.45. The SMILES string of the molecule is O=C(NOC[C@H](O)CO)c1ccc(-c2c[nH]c3cc(F)ccc23)cc1. The van der Waals surface area contributed by atoms with Gasteiger partial charge in [0.25, 0.3) is 5.91 Å². The Morgan fingerprint density at radius 3 is 2.72 bits per heavy atom. The van der Waals surface area contributed by atoms with E-state index in [1.807, 2.05) is 0 Å². The second kappa shape index (κ2) is 7.43. The van der Waals surface area contributed by atoms with E-state index in [-0.39, 0.29) is 12.4 Å². The molecule has 25 heavy (non-hydrogen) atoms. The van der Waals surface area contributed by atoms with E-state index in [1.165, 1.54) is 12.1 Å². The molecule has 0 saturated heterocycles. The number of halogens is 1. The van der Waals surface area contributed by atoms with Crippen LogP contribution in [-0.2, 0) is 4.84 Å². The molecule has 0 spiro atoms. The summed E-state index contributed by atoms with van der Waals surface area (Å²) in [5.41, 5.74) is 5.07. The van der Waals surface area contributed by atoms with E-state index < -0.39 is 18.6 Å². The molecule has 1 aromatic heterocycles. The molecule has 0 saturated carbocycles. The number of aromatic nitrogens is 1. The number of aliphatic hydroxyl groups excluding tert-OH is 2. The Bertz CT molecular complexity index is 876. The fourth-order valence-corrected chi connectivity index (χ4v) is 2.45. The molecular weight excluding hydrogens is 327 g/mol. The predicted molar refractivity (Wildman–Crippen MR) is 90.2 cm³/mol. The van der Waals surface area contributed by atoms with Gasteiger partial charge >= 0.3 is 0 Å². The standard InChI is InChI=1S/C18H17FN2O4/c19-13-5-6-15-16(8-20-17(15)7-13)11-1-3-12(4-2-11)18(24)21-25-10-14(23)9-22/h1-8,14,20,22-23H,9-10H2,(H,21,24)/t14-/m1/s1. The maximum absolute atomic E-state index is 13.3. The number of hydroxylamine groups is 1. The number of fused-ring (bicyclic) bond motifs is 1. The van der Waals surface area contributed by atoms with E-state index in [2.05, 4.69) is 10.5 Å². The minimum Gasteiger partial charge on any atom is -0.394 e. The summed E-state index contributed by atoms with van der Waals surface area (Å²) in [5.74, 6) is -0.767. The first-order chi connectivity index (χ1) is 12.1. The molecule has 0 fully saturated rings. The lowest BCUT2D eigenvalue weighted by Gasteiger charge is -2.09. The monoisotopic (exact) mass is 344 g/mol. The number of aromatic amines is 1. The average molecular weight is 344 g/mol. The third-order valence-corrected chi connectivity index (χ3v) is 3.75. The van der Waals surface area contributed by atoms with Crippen molar-refractivity contribution in [1.82, 2.24) is 10.5 Å². The van der Waals surface area contributed by atoms with Crippen LogP contribution in [0.15, 0.2) is 48.7 Å². The first kappa shape index (κ1) is 17.1. The second-order valence-electron chi connectivity index (χ2n) is 5.55. The Morgan fingerprint density at radius 2 is 2.00 bits per heavy atom. The molecule has 0 aliphatic rings. The molecule has 1 atom stereocenters. The number of benzene rings is 2. The fraction of sp³-hybridized carbons (Fsp3) is 0.167. The van der Waals surface area contributed by atoms with Crippen molar-refractivity contribution in [3.63, 3.8) is 0 Å². The van der Waals surface area contributed by atoms with E-state index in [1.54, 1.807) is 36.5 Å². The predicted octanol–water partition coefficient (Wildman–Crippen LogP) is 1.99. The maximum Gasteiger partial charge on any atom is 0.274 e. The van der Waals surface area contributed by atoms with Crippen LogP contribution < -0.4 is 5.48 Å². The normalized spacial score (nSPS) is 12.3. The molecule has 3 rings (SSSR count). The van der Waals surface area contributed by atoms with Gasteiger partial charge < -0.3 is 15.2 Å². The number of hydrogen-bond donors (Lipinski definition) is 4. The molecule has 7 heteroatoms. The maximum atomic E-state index is 13.3. The summed E-state index contributed by atoms with van der Waals surface area (Å²) < 4.78 is 13.3. The molecule has 130 valence electrons. The molecule has 0 aliphatic heterocycles.